The molecule has 2 heteroatoms. The van der Waals surface area contributed by atoms with E-state index >= 15 is 4.39 Å². The highest BCUT2D eigenvalue weighted by Gasteiger charge is 2.37. The van der Waals surface area contributed by atoms with Gasteiger partial charge in [-0.15, -0.1) is 0 Å². The Bertz CT molecular complexity index is 698. The molecule has 0 amide bonds. The number of hydrogen-bond donors (Lipinski definition) is 0. The van der Waals surface area contributed by atoms with E-state index in [9.17, 15) is 0 Å². The maximum Gasteiger partial charge on any atom is 0.130 e. The first kappa shape index (κ1) is 23.3. The van der Waals surface area contributed by atoms with Gasteiger partial charge in [0.15, 0.2) is 0 Å². The van der Waals surface area contributed by atoms with Crippen molar-refractivity contribution in [1.29, 1.82) is 0 Å². The quantitative estimate of drug-likeness (QED) is 0.359. The molecule has 2 saturated carbocycles. The third kappa shape index (κ3) is 5.73. The molecule has 0 spiro atoms. The summed E-state index contributed by atoms with van der Waals surface area (Å²) in [6.45, 7) is 5.43. The Labute approximate surface area is 190 Å². The molecule has 3 aliphatic carbocycles. The van der Waals surface area contributed by atoms with Crippen molar-refractivity contribution >= 4 is 0 Å². The summed E-state index contributed by atoms with van der Waals surface area (Å²) < 4.78 is 21.8. The minimum atomic E-state index is 0.171. The molecule has 3 aliphatic rings. The van der Waals surface area contributed by atoms with Crippen LogP contribution < -0.4 is 0 Å². The number of halogens is 1. The predicted octanol–water partition coefficient (Wildman–Crippen LogP) is 8.38. The van der Waals surface area contributed by atoms with Gasteiger partial charge in [0.2, 0.25) is 0 Å². The van der Waals surface area contributed by atoms with E-state index in [2.05, 4.69) is 26.0 Å². The van der Waals surface area contributed by atoms with E-state index in [1.165, 1.54) is 82.6 Å². The van der Waals surface area contributed by atoms with Gasteiger partial charge in [0.25, 0.3) is 0 Å². The fourth-order valence-electron chi connectivity index (χ4n) is 6.82. The van der Waals surface area contributed by atoms with E-state index in [1.54, 1.807) is 0 Å². The van der Waals surface area contributed by atoms with E-state index in [0.29, 0.717) is 12.0 Å². The van der Waals surface area contributed by atoms with Crippen LogP contribution in [0.25, 0.3) is 0 Å². The zero-order valence-corrected chi connectivity index (χ0v) is 20.1. The molecule has 0 aromatic heterocycles. The molecule has 4 rings (SSSR count). The van der Waals surface area contributed by atoms with Crippen LogP contribution in [0.1, 0.15) is 120 Å². The largest absolute Gasteiger partial charge is 0.378 e. The van der Waals surface area contributed by atoms with Crippen LogP contribution in [-0.4, -0.2) is 12.7 Å². The summed E-state index contributed by atoms with van der Waals surface area (Å²) >= 11 is 0. The molecule has 0 N–H and O–H groups in total. The number of ether oxygens (including phenoxy) is 1. The Kier molecular flexibility index (Phi) is 8.49. The lowest BCUT2D eigenvalue weighted by Crippen LogP contribution is -2.34. The highest BCUT2D eigenvalue weighted by Crippen LogP contribution is 2.47. The van der Waals surface area contributed by atoms with Crippen molar-refractivity contribution in [1.82, 2.24) is 0 Å². The van der Waals surface area contributed by atoms with Gasteiger partial charge in [0.05, 0.1) is 6.10 Å². The molecule has 5 unspecified atom stereocenters. The summed E-state index contributed by atoms with van der Waals surface area (Å²) in [4.78, 5) is 0. The lowest BCUT2D eigenvalue weighted by atomic mass is 9.65. The summed E-state index contributed by atoms with van der Waals surface area (Å²) in [5, 5.41) is 0. The van der Waals surface area contributed by atoms with Crippen molar-refractivity contribution in [3.05, 3.63) is 34.6 Å². The molecule has 2 fully saturated rings. The first-order valence-electron chi connectivity index (χ1n) is 13.6. The number of rotatable bonds is 9. The summed E-state index contributed by atoms with van der Waals surface area (Å²) in [6, 6.07) is 4.47. The average Bonchev–Trinajstić information content (AvgIpc) is 2.79. The first-order chi connectivity index (χ1) is 15.2. The molecule has 0 radical (unpaired) electrons. The second-order valence-electron chi connectivity index (χ2n) is 10.9. The van der Waals surface area contributed by atoms with Crippen LogP contribution in [0.5, 0.6) is 0 Å². The van der Waals surface area contributed by atoms with E-state index in [0.717, 1.165) is 54.7 Å². The monoisotopic (exact) mass is 428 g/mol. The first-order valence-corrected chi connectivity index (χ1v) is 13.6. The smallest absolute Gasteiger partial charge is 0.130 e. The molecule has 174 valence electrons. The van der Waals surface area contributed by atoms with Crippen molar-refractivity contribution < 1.29 is 9.13 Å². The van der Waals surface area contributed by atoms with Gasteiger partial charge in [-0.3, -0.25) is 0 Å². The summed E-state index contributed by atoms with van der Waals surface area (Å²) in [7, 11) is 0. The molecule has 1 nitrogen and oxygen atoms in total. The molecule has 0 heterocycles. The maximum atomic E-state index is 15.6. The number of unbranched alkanes of at least 4 members (excludes halogenated alkanes) is 3. The van der Waals surface area contributed by atoms with Crippen molar-refractivity contribution in [2.24, 2.45) is 17.8 Å². The van der Waals surface area contributed by atoms with E-state index < -0.39 is 0 Å². The number of hydrogen-bond acceptors (Lipinski definition) is 1. The zero-order valence-electron chi connectivity index (χ0n) is 20.1. The van der Waals surface area contributed by atoms with Gasteiger partial charge in [-0.2, -0.15) is 0 Å². The van der Waals surface area contributed by atoms with Crippen LogP contribution >= 0.6 is 0 Å². The van der Waals surface area contributed by atoms with E-state index in [4.69, 9.17) is 4.74 Å². The van der Waals surface area contributed by atoms with Gasteiger partial charge >= 0.3 is 0 Å². The molecule has 0 aliphatic heterocycles. The molecule has 1 aromatic rings. The van der Waals surface area contributed by atoms with Gasteiger partial charge in [-0.1, -0.05) is 58.1 Å². The summed E-state index contributed by atoms with van der Waals surface area (Å²) in [5.74, 6) is 2.97. The van der Waals surface area contributed by atoms with Gasteiger partial charge < -0.3 is 4.74 Å². The molecular formula is C29H45FO. The van der Waals surface area contributed by atoms with Crippen LogP contribution in [0, 0.1) is 23.6 Å². The second kappa shape index (κ2) is 11.3. The fraction of sp³-hybridized carbons (Fsp3) is 0.793. The molecule has 0 saturated heterocycles. The average molecular weight is 429 g/mol. The third-order valence-electron chi connectivity index (χ3n) is 8.75. The Hall–Kier alpha value is -0.890. The molecule has 5 atom stereocenters. The normalized spacial score (nSPS) is 30.6. The van der Waals surface area contributed by atoms with Crippen molar-refractivity contribution in [3.63, 3.8) is 0 Å². The standard InChI is InChI=1S/C29H45FO/c1-3-5-7-8-21-9-15-27-24(18-21)13-16-28(29(27)30)25-11-10-23-20-26(31-17-6-4-2)14-12-22(23)19-25/h13,16,21-23,25-26H,3-12,14-15,17-20H2,1-2H3. The van der Waals surface area contributed by atoms with Crippen LogP contribution in [0.4, 0.5) is 4.39 Å². The Morgan fingerprint density at radius 1 is 0.903 bits per heavy atom. The van der Waals surface area contributed by atoms with Crippen molar-refractivity contribution in [2.75, 3.05) is 6.61 Å². The van der Waals surface area contributed by atoms with Gasteiger partial charge in [0.1, 0.15) is 5.82 Å². The minimum absolute atomic E-state index is 0.171. The fourth-order valence-corrected chi connectivity index (χ4v) is 6.82. The zero-order chi connectivity index (χ0) is 21.6. The lowest BCUT2D eigenvalue weighted by molar-refractivity contribution is -0.0161. The van der Waals surface area contributed by atoms with Gasteiger partial charge in [-0.25, -0.2) is 4.39 Å². The van der Waals surface area contributed by atoms with Crippen LogP contribution in [0.15, 0.2) is 12.1 Å². The summed E-state index contributed by atoms with van der Waals surface area (Å²) in [6.07, 6.45) is 18.8. The highest BCUT2D eigenvalue weighted by molar-refractivity contribution is 5.38. The molecule has 31 heavy (non-hydrogen) atoms. The molecule has 1 aromatic carbocycles. The van der Waals surface area contributed by atoms with Crippen molar-refractivity contribution in [3.8, 4) is 0 Å². The molecular weight excluding hydrogens is 383 g/mol. The minimum Gasteiger partial charge on any atom is -0.378 e. The Morgan fingerprint density at radius 3 is 2.55 bits per heavy atom. The van der Waals surface area contributed by atoms with Crippen LogP contribution in [0.2, 0.25) is 0 Å². The van der Waals surface area contributed by atoms with Crippen LogP contribution in [0.3, 0.4) is 0 Å². The van der Waals surface area contributed by atoms with E-state index in [1.807, 2.05) is 0 Å². The van der Waals surface area contributed by atoms with Gasteiger partial charge in [-0.05, 0) is 105 Å². The predicted molar refractivity (Wildman–Crippen MR) is 128 cm³/mol. The third-order valence-corrected chi connectivity index (χ3v) is 8.75. The lowest BCUT2D eigenvalue weighted by Gasteiger charge is -2.42. The second-order valence-corrected chi connectivity index (χ2v) is 10.9. The number of benzene rings is 1. The van der Waals surface area contributed by atoms with Crippen LogP contribution in [-0.2, 0) is 17.6 Å². The SMILES string of the molecule is CCCCCC1CCc2c(ccc(C3CCC4CC(OCCCC)CCC4C3)c2F)C1. The summed E-state index contributed by atoms with van der Waals surface area (Å²) in [5.41, 5.74) is 3.43. The Morgan fingerprint density at radius 2 is 1.71 bits per heavy atom. The Balaban J connectivity index is 1.34. The van der Waals surface area contributed by atoms with E-state index in [-0.39, 0.29) is 5.82 Å². The highest BCUT2D eigenvalue weighted by atomic mass is 19.1. The topological polar surface area (TPSA) is 9.23 Å². The molecule has 0 bridgehead atoms. The maximum absolute atomic E-state index is 15.6. The number of fused-ring (bicyclic) bond motifs is 2. The van der Waals surface area contributed by atoms with Gasteiger partial charge in [0, 0.05) is 6.61 Å². The van der Waals surface area contributed by atoms with Crippen molar-refractivity contribution in [2.45, 2.75) is 122 Å².